The standard InChI is InChI=1S/C20H24N6O2S/c1-28-12-16-11-26(24-21-16)17-7-14-9-25(10-15(14)8-18(17)27)20-23-22-19(29-20)13-5-3-2-4-6-13/h2-6,11,14-15,17-18,27H,7-10,12H2,1H3/t14-,15+,17-,18-/m1/s1. The van der Waals surface area contributed by atoms with Gasteiger partial charge < -0.3 is 14.7 Å². The highest BCUT2D eigenvalue weighted by atomic mass is 32.1. The van der Waals surface area contributed by atoms with E-state index >= 15 is 0 Å². The molecule has 3 aromatic rings. The van der Waals surface area contributed by atoms with Gasteiger partial charge in [0, 0.05) is 25.8 Å². The van der Waals surface area contributed by atoms with E-state index in [-0.39, 0.29) is 6.04 Å². The Balaban J connectivity index is 1.29. The van der Waals surface area contributed by atoms with Gasteiger partial charge in [-0.05, 0) is 24.7 Å². The van der Waals surface area contributed by atoms with Gasteiger partial charge in [0.15, 0.2) is 0 Å². The van der Waals surface area contributed by atoms with Gasteiger partial charge in [0.25, 0.3) is 0 Å². The Morgan fingerprint density at radius 1 is 1.10 bits per heavy atom. The molecule has 1 aromatic carbocycles. The molecule has 9 heteroatoms. The molecule has 0 spiro atoms. The van der Waals surface area contributed by atoms with E-state index in [0.29, 0.717) is 18.4 Å². The van der Waals surface area contributed by atoms with Crippen molar-refractivity contribution >= 4 is 16.5 Å². The first-order valence-corrected chi connectivity index (χ1v) is 10.7. The number of hydrogen-bond donors (Lipinski definition) is 1. The smallest absolute Gasteiger partial charge is 0.208 e. The molecular weight excluding hydrogens is 388 g/mol. The van der Waals surface area contributed by atoms with E-state index in [2.05, 4.69) is 37.5 Å². The van der Waals surface area contributed by atoms with Crippen molar-refractivity contribution in [3.8, 4) is 10.6 Å². The van der Waals surface area contributed by atoms with Crippen molar-refractivity contribution in [2.45, 2.75) is 31.6 Å². The summed E-state index contributed by atoms with van der Waals surface area (Å²) in [6.45, 7) is 2.30. The van der Waals surface area contributed by atoms with E-state index in [0.717, 1.165) is 47.3 Å². The first kappa shape index (κ1) is 18.7. The topological polar surface area (TPSA) is 89.2 Å². The van der Waals surface area contributed by atoms with E-state index < -0.39 is 6.10 Å². The zero-order chi connectivity index (χ0) is 19.8. The average Bonchev–Trinajstić information content (AvgIpc) is 3.47. The van der Waals surface area contributed by atoms with Crippen molar-refractivity contribution < 1.29 is 9.84 Å². The number of fused-ring (bicyclic) bond motifs is 1. The number of methoxy groups -OCH3 is 1. The van der Waals surface area contributed by atoms with Gasteiger partial charge in [-0.3, -0.25) is 0 Å². The number of anilines is 1. The van der Waals surface area contributed by atoms with Gasteiger partial charge >= 0.3 is 0 Å². The van der Waals surface area contributed by atoms with Crippen molar-refractivity contribution in [2.24, 2.45) is 11.8 Å². The molecule has 1 saturated carbocycles. The lowest BCUT2D eigenvalue weighted by Crippen LogP contribution is -2.36. The molecule has 5 rings (SSSR count). The largest absolute Gasteiger partial charge is 0.391 e. The third-order valence-electron chi connectivity index (χ3n) is 6.00. The first-order chi connectivity index (χ1) is 14.2. The Hall–Kier alpha value is -2.36. The lowest BCUT2D eigenvalue weighted by Gasteiger charge is -2.34. The maximum atomic E-state index is 10.8. The Morgan fingerprint density at radius 2 is 1.90 bits per heavy atom. The highest BCUT2D eigenvalue weighted by Crippen LogP contribution is 2.43. The Kier molecular flexibility index (Phi) is 5.03. The zero-order valence-electron chi connectivity index (χ0n) is 16.3. The molecule has 1 saturated heterocycles. The fourth-order valence-electron chi connectivity index (χ4n) is 4.58. The molecule has 1 aliphatic carbocycles. The Bertz CT molecular complexity index is 961. The van der Waals surface area contributed by atoms with Gasteiger partial charge in [-0.15, -0.1) is 15.3 Å². The van der Waals surface area contributed by atoms with Crippen LogP contribution in [-0.4, -0.2) is 56.6 Å². The lowest BCUT2D eigenvalue weighted by atomic mass is 9.77. The van der Waals surface area contributed by atoms with Gasteiger partial charge in [0.05, 0.1) is 24.9 Å². The molecule has 2 fully saturated rings. The van der Waals surface area contributed by atoms with Crippen LogP contribution in [0.2, 0.25) is 0 Å². The van der Waals surface area contributed by atoms with E-state index in [1.165, 1.54) is 0 Å². The second kappa shape index (κ2) is 7.81. The third kappa shape index (κ3) is 3.65. The van der Waals surface area contributed by atoms with Gasteiger partial charge in [-0.1, -0.05) is 46.9 Å². The summed E-state index contributed by atoms with van der Waals surface area (Å²) in [6.07, 6.45) is 3.14. The maximum absolute atomic E-state index is 10.8. The molecule has 3 heterocycles. The summed E-state index contributed by atoms with van der Waals surface area (Å²) in [4.78, 5) is 2.33. The fourth-order valence-corrected chi connectivity index (χ4v) is 5.45. The summed E-state index contributed by atoms with van der Waals surface area (Å²) >= 11 is 1.64. The minimum atomic E-state index is -0.414. The highest BCUT2D eigenvalue weighted by molar-refractivity contribution is 7.18. The van der Waals surface area contributed by atoms with Crippen molar-refractivity contribution in [1.82, 2.24) is 25.2 Å². The Morgan fingerprint density at radius 3 is 2.69 bits per heavy atom. The van der Waals surface area contributed by atoms with Crippen LogP contribution in [0.3, 0.4) is 0 Å². The molecule has 8 nitrogen and oxygen atoms in total. The molecule has 152 valence electrons. The van der Waals surface area contributed by atoms with Crippen LogP contribution in [0, 0.1) is 11.8 Å². The lowest BCUT2D eigenvalue weighted by molar-refractivity contribution is 0.0298. The van der Waals surface area contributed by atoms with Crippen LogP contribution in [-0.2, 0) is 11.3 Å². The van der Waals surface area contributed by atoms with Crippen molar-refractivity contribution in [2.75, 3.05) is 25.1 Å². The van der Waals surface area contributed by atoms with Crippen LogP contribution in [0.25, 0.3) is 10.6 Å². The number of ether oxygens (including phenoxy) is 1. The second-order valence-electron chi connectivity index (χ2n) is 7.91. The van der Waals surface area contributed by atoms with Gasteiger partial charge in [-0.2, -0.15) is 0 Å². The molecular formula is C20H24N6O2S. The number of aliphatic hydroxyl groups excluding tert-OH is 1. The molecule has 0 amide bonds. The predicted molar refractivity (Wildman–Crippen MR) is 110 cm³/mol. The van der Waals surface area contributed by atoms with Gasteiger partial charge in [0.1, 0.15) is 10.7 Å². The van der Waals surface area contributed by atoms with Crippen LogP contribution in [0.5, 0.6) is 0 Å². The van der Waals surface area contributed by atoms with E-state index in [4.69, 9.17) is 4.74 Å². The molecule has 2 aromatic heterocycles. The quantitative estimate of drug-likeness (QED) is 0.688. The number of aromatic nitrogens is 5. The number of nitrogens with zero attached hydrogens (tertiary/aromatic N) is 6. The second-order valence-corrected chi connectivity index (χ2v) is 8.87. The molecule has 1 N–H and O–H groups in total. The third-order valence-corrected chi connectivity index (χ3v) is 7.04. The normalized spacial score (nSPS) is 26.6. The van der Waals surface area contributed by atoms with E-state index in [1.54, 1.807) is 18.4 Å². The fraction of sp³-hybridized carbons (Fsp3) is 0.500. The Labute approximate surface area is 173 Å². The molecule has 0 radical (unpaired) electrons. The minimum Gasteiger partial charge on any atom is -0.391 e. The van der Waals surface area contributed by atoms with Crippen molar-refractivity contribution in [1.29, 1.82) is 0 Å². The van der Waals surface area contributed by atoms with E-state index in [9.17, 15) is 5.11 Å². The summed E-state index contributed by atoms with van der Waals surface area (Å²) in [5.74, 6) is 0.967. The molecule has 29 heavy (non-hydrogen) atoms. The van der Waals surface area contributed by atoms with Crippen LogP contribution in [0.4, 0.5) is 5.13 Å². The molecule has 0 bridgehead atoms. The van der Waals surface area contributed by atoms with Gasteiger partial charge in [-0.25, -0.2) is 4.68 Å². The minimum absolute atomic E-state index is 0.0383. The molecule has 1 aliphatic heterocycles. The SMILES string of the molecule is COCc1cn([C@@H]2C[C@@H]3CN(c4nnc(-c5ccccc5)s4)C[C@@H]3C[C@H]2O)nn1. The zero-order valence-corrected chi connectivity index (χ0v) is 17.1. The van der Waals surface area contributed by atoms with Crippen LogP contribution in [0.15, 0.2) is 36.5 Å². The van der Waals surface area contributed by atoms with Crippen LogP contribution < -0.4 is 4.90 Å². The molecule has 0 unspecified atom stereocenters. The first-order valence-electron chi connectivity index (χ1n) is 9.93. The summed E-state index contributed by atoms with van der Waals surface area (Å²) in [5.41, 5.74) is 1.89. The number of rotatable bonds is 5. The summed E-state index contributed by atoms with van der Waals surface area (Å²) in [7, 11) is 1.64. The molecule has 4 atom stereocenters. The summed E-state index contributed by atoms with van der Waals surface area (Å²) in [6, 6.07) is 10.1. The summed E-state index contributed by atoms with van der Waals surface area (Å²) in [5, 5.41) is 29.9. The predicted octanol–water partition coefficient (Wildman–Crippen LogP) is 2.39. The highest BCUT2D eigenvalue weighted by Gasteiger charge is 2.43. The van der Waals surface area contributed by atoms with Crippen LogP contribution in [0.1, 0.15) is 24.6 Å². The number of hydrogen-bond acceptors (Lipinski definition) is 8. The molecule has 2 aliphatic rings. The van der Waals surface area contributed by atoms with Crippen LogP contribution >= 0.6 is 11.3 Å². The number of benzene rings is 1. The van der Waals surface area contributed by atoms with Crippen molar-refractivity contribution in [3.05, 3.63) is 42.2 Å². The van der Waals surface area contributed by atoms with Gasteiger partial charge in [0.2, 0.25) is 5.13 Å². The monoisotopic (exact) mass is 412 g/mol. The van der Waals surface area contributed by atoms with Crippen molar-refractivity contribution in [3.63, 3.8) is 0 Å². The summed E-state index contributed by atoms with van der Waals surface area (Å²) < 4.78 is 6.94. The number of aliphatic hydroxyl groups is 1. The maximum Gasteiger partial charge on any atom is 0.208 e. The average molecular weight is 413 g/mol. The van der Waals surface area contributed by atoms with E-state index in [1.807, 2.05) is 29.1 Å².